The van der Waals surface area contributed by atoms with Crippen LogP contribution in [0.25, 0.3) is 0 Å². The van der Waals surface area contributed by atoms with Crippen molar-refractivity contribution in [2.75, 3.05) is 6.54 Å². The number of carbonyl (C=O) groups is 1. The molecule has 1 aromatic heterocycles. The highest BCUT2D eigenvalue weighted by Crippen LogP contribution is 2.28. The summed E-state index contributed by atoms with van der Waals surface area (Å²) >= 11 is 5.87. The zero-order chi connectivity index (χ0) is 16.2. The highest BCUT2D eigenvalue weighted by molar-refractivity contribution is 6.29. The van der Waals surface area contributed by atoms with Gasteiger partial charge in [0.1, 0.15) is 5.15 Å². The van der Waals surface area contributed by atoms with Gasteiger partial charge >= 0.3 is 0 Å². The molecular weight excluding hydrogens is 312 g/mol. The number of likely N-dealkylation sites (tertiary alicyclic amines) is 1. The van der Waals surface area contributed by atoms with E-state index in [4.69, 9.17) is 11.6 Å². The normalized spacial score (nSPS) is 18.9. The first-order chi connectivity index (χ1) is 11.1. The van der Waals surface area contributed by atoms with Crippen LogP contribution in [0, 0.1) is 0 Å². The minimum absolute atomic E-state index is 0.0444. The Morgan fingerprint density at radius 3 is 2.87 bits per heavy atom. The van der Waals surface area contributed by atoms with Gasteiger partial charge in [-0.05, 0) is 37.0 Å². The molecule has 2 unspecified atom stereocenters. The van der Waals surface area contributed by atoms with Gasteiger partial charge in [0.15, 0.2) is 0 Å². The van der Waals surface area contributed by atoms with Gasteiger partial charge in [-0.1, -0.05) is 41.9 Å². The van der Waals surface area contributed by atoms with Crippen molar-refractivity contribution >= 4 is 17.5 Å². The van der Waals surface area contributed by atoms with Gasteiger partial charge in [0.2, 0.25) is 0 Å². The lowest BCUT2D eigenvalue weighted by Crippen LogP contribution is -2.36. The zero-order valence-electron chi connectivity index (χ0n) is 12.7. The van der Waals surface area contributed by atoms with Gasteiger partial charge in [-0.3, -0.25) is 4.79 Å². The maximum absolute atomic E-state index is 12.7. The largest absolute Gasteiger partial charge is 0.388 e. The fourth-order valence-corrected chi connectivity index (χ4v) is 3.29. The number of rotatable bonds is 4. The van der Waals surface area contributed by atoms with Crippen LogP contribution in [-0.4, -0.2) is 33.5 Å². The third-order valence-corrected chi connectivity index (χ3v) is 4.50. The summed E-state index contributed by atoms with van der Waals surface area (Å²) in [6, 6.07) is 12.9. The summed E-state index contributed by atoms with van der Waals surface area (Å²) in [5.41, 5.74) is 1.44. The average molecular weight is 331 g/mol. The number of hydrogen-bond acceptors (Lipinski definition) is 3. The van der Waals surface area contributed by atoms with Crippen LogP contribution in [0.1, 0.15) is 41.3 Å². The van der Waals surface area contributed by atoms with Crippen molar-refractivity contribution in [1.29, 1.82) is 0 Å². The molecule has 2 aromatic rings. The molecule has 4 nitrogen and oxygen atoms in total. The predicted molar refractivity (Wildman–Crippen MR) is 89.3 cm³/mol. The van der Waals surface area contributed by atoms with Gasteiger partial charge in [-0.2, -0.15) is 0 Å². The molecule has 120 valence electrons. The molecule has 2 atom stereocenters. The SMILES string of the molecule is O=C(c1ccnc(Cl)c1)N1CCCC1CC(O)c1ccccc1. The maximum Gasteiger partial charge on any atom is 0.254 e. The summed E-state index contributed by atoms with van der Waals surface area (Å²) in [6.45, 7) is 0.713. The van der Waals surface area contributed by atoms with E-state index in [1.165, 1.54) is 0 Å². The quantitative estimate of drug-likeness (QED) is 0.873. The number of aromatic nitrogens is 1. The van der Waals surface area contributed by atoms with Crippen LogP contribution in [0.2, 0.25) is 5.15 Å². The number of amides is 1. The summed E-state index contributed by atoms with van der Waals surface area (Å²) < 4.78 is 0. The Bertz CT molecular complexity index is 678. The molecule has 2 heterocycles. The van der Waals surface area contributed by atoms with Gasteiger partial charge in [-0.25, -0.2) is 4.98 Å². The first-order valence-corrected chi connectivity index (χ1v) is 8.18. The van der Waals surface area contributed by atoms with E-state index in [-0.39, 0.29) is 11.9 Å². The topological polar surface area (TPSA) is 53.4 Å². The molecule has 1 amide bonds. The van der Waals surface area contributed by atoms with E-state index in [1.807, 2.05) is 35.2 Å². The van der Waals surface area contributed by atoms with E-state index >= 15 is 0 Å². The zero-order valence-corrected chi connectivity index (χ0v) is 13.5. The average Bonchev–Trinajstić information content (AvgIpc) is 3.03. The second-order valence-electron chi connectivity index (χ2n) is 5.82. The fourth-order valence-electron chi connectivity index (χ4n) is 3.12. The number of hydrogen-bond donors (Lipinski definition) is 1. The second kappa shape index (κ2) is 7.11. The van der Waals surface area contributed by atoms with Crippen LogP contribution >= 0.6 is 11.6 Å². The minimum atomic E-state index is -0.560. The summed E-state index contributed by atoms with van der Waals surface area (Å²) in [6.07, 6.45) is 3.40. The lowest BCUT2D eigenvalue weighted by Gasteiger charge is -2.27. The summed E-state index contributed by atoms with van der Waals surface area (Å²) in [5.74, 6) is -0.0444. The molecule has 3 rings (SSSR count). The summed E-state index contributed by atoms with van der Waals surface area (Å²) in [4.78, 5) is 18.4. The first kappa shape index (κ1) is 16.0. The Morgan fingerprint density at radius 1 is 1.35 bits per heavy atom. The monoisotopic (exact) mass is 330 g/mol. The van der Waals surface area contributed by atoms with E-state index in [1.54, 1.807) is 18.3 Å². The van der Waals surface area contributed by atoms with E-state index < -0.39 is 6.10 Å². The van der Waals surface area contributed by atoms with Gasteiger partial charge in [0.05, 0.1) is 6.10 Å². The molecule has 1 aliphatic rings. The molecule has 5 heteroatoms. The van der Waals surface area contributed by atoms with E-state index in [2.05, 4.69) is 4.98 Å². The van der Waals surface area contributed by atoms with Crippen molar-refractivity contribution < 1.29 is 9.90 Å². The second-order valence-corrected chi connectivity index (χ2v) is 6.21. The Labute approximate surface area is 140 Å². The molecule has 0 spiro atoms. The van der Waals surface area contributed by atoms with E-state index in [0.717, 1.165) is 18.4 Å². The number of aliphatic hydroxyl groups excluding tert-OH is 1. The van der Waals surface area contributed by atoms with Crippen molar-refractivity contribution in [1.82, 2.24) is 9.88 Å². The molecule has 0 radical (unpaired) electrons. The third-order valence-electron chi connectivity index (χ3n) is 4.29. The standard InChI is InChI=1S/C18H19ClN2O2/c19-17-11-14(8-9-20-17)18(23)21-10-4-7-15(21)12-16(22)13-5-2-1-3-6-13/h1-3,5-6,8-9,11,15-16,22H,4,7,10,12H2. The number of aliphatic hydroxyl groups is 1. The van der Waals surface area contributed by atoms with Crippen LogP contribution in [0.3, 0.4) is 0 Å². The third kappa shape index (κ3) is 3.71. The Morgan fingerprint density at radius 2 is 2.13 bits per heavy atom. The molecule has 1 aromatic carbocycles. The molecule has 0 aliphatic carbocycles. The van der Waals surface area contributed by atoms with Crippen LogP contribution in [0.4, 0.5) is 0 Å². The predicted octanol–water partition coefficient (Wildman–Crippen LogP) is 3.46. The van der Waals surface area contributed by atoms with Gasteiger partial charge in [0, 0.05) is 24.3 Å². The fraction of sp³-hybridized carbons (Fsp3) is 0.333. The number of pyridine rings is 1. The molecule has 1 fully saturated rings. The molecule has 1 saturated heterocycles. The number of carbonyl (C=O) groups excluding carboxylic acids is 1. The Hall–Kier alpha value is -1.91. The lowest BCUT2D eigenvalue weighted by molar-refractivity contribution is 0.0667. The molecular formula is C18H19ClN2O2. The van der Waals surface area contributed by atoms with Crippen molar-refractivity contribution in [2.45, 2.75) is 31.4 Å². The maximum atomic E-state index is 12.7. The smallest absolute Gasteiger partial charge is 0.254 e. The van der Waals surface area contributed by atoms with Crippen molar-refractivity contribution in [3.05, 3.63) is 64.9 Å². The molecule has 1 aliphatic heterocycles. The van der Waals surface area contributed by atoms with Crippen molar-refractivity contribution in [2.24, 2.45) is 0 Å². The molecule has 0 saturated carbocycles. The van der Waals surface area contributed by atoms with Crippen molar-refractivity contribution in [3.63, 3.8) is 0 Å². The Balaban J connectivity index is 1.71. The number of halogens is 1. The van der Waals surface area contributed by atoms with Crippen LogP contribution in [0.5, 0.6) is 0 Å². The van der Waals surface area contributed by atoms with Gasteiger partial charge in [-0.15, -0.1) is 0 Å². The van der Waals surface area contributed by atoms with E-state index in [0.29, 0.717) is 23.7 Å². The highest BCUT2D eigenvalue weighted by Gasteiger charge is 2.31. The molecule has 0 bridgehead atoms. The van der Waals surface area contributed by atoms with E-state index in [9.17, 15) is 9.90 Å². The highest BCUT2D eigenvalue weighted by atomic mass is 35.5. The van der Waals surface area contributed by atoms with Crippen LogP contribution < -0.4 is 0 Å². The van der Waals surface area contributed by atoms with Crippen LogP contribution in [0.15, 0.2) is 48.7 Å². The van der Waals surface area contributed by atoms with Crippen molar-refractivity contribution in [3.8, 4) is 0 Å². The minimum Gasteiger partial charge on any atom is -0.388 e. The Kier molecular flexibility index (Phi) is 4.94. The summed E-state index contributed by atoms with van der Waals surface area (Å²) in [5, 5.41) is 10.7. The number of nitrogens with zero attached hydrogens (tertiary/aromatic N) is 2. The van der Waals surface area contributed by atoms with Gasteiger partial charge < -0.3 is 10.0 Å². The van der Waals surface area contributed by atoms with Crippen LogP contribution in [-0.2, 0) is 0 Å². The number of benzene rings is 1. The van der Waals surface area contributed by atoms with Gasteiger partial charge in [0.25, 0.3) is 5.91 Å². The first-order valence-electron chi connectivity index (χ1n) is 7.80. The lowest BCUT2D eigenvalue weighted by atomic mass is 10.0. The molecule has 23 heavy (non-hydrogen) atoms. The molecule has 1 N–H and O–H groups in total. The summed E-state index contributed by atoms with van der Waals surface area (Å²) in [7, 11) is 0.